The van der Waals surface area contributed by atoms with Crippen LogP contribution < -0.4 is 5.32 Å². The van der Waals surface area contributed by atoms with Gasteiger partial charge in [0.2, 0.25) is 0 Å². The highest BCUT2D eigenvalue weighted by Crippen LogP contribution is 2.19. The molecule has 2 N–H and O–H groups in total. The van der Waals surface area contributed by atoms with Gasteiger partial charge in [0, 0.05) is 25.0 Å². The lowest BCUT2D eigenvalue weighted by Crippen LogP contribution is -2.34. The molecule has 1 aromatic heterocycles. The molecule has 0 aliphatic heterocycles. The van der Waals surface area contributed by atoms with Crippen LogP contribution in [0.2, 0.25) is 0 Å². The van der Waals surface area contributed by atoms with Crippen LogP contribution in [0.4, 0.5) is 0 Å². The Balaban J connectivity index is 1.98. The molecule has 3 heteroatoms. The van der Waals surface area contributed by atoms with Crippen LogP contribution in [-0.2, 0) is 6.54 Å². The Kier molecular flexibility index (Phi) is 5.27. The molecule has 0 aliphatic rings. The maximum absolute atomic E-state index is 10.5. The molecule has 2 atom stereocenters. The van der Waals surface area contributed by atoms with E-state index < -0.39 is 6.10 Å². The van der Waals surface area contributed by atoms with Gasteiger partial charge < -0.3 is 10.4 Å². The topological polar surface area (TPSA) is 45.2 Å². The first-order valence-corrected chi connectivity index (χ1v) is 7.07. The van der Waals surface area contributed by atoms with E-state index in [1.807, 2.05) is 36.4 Å². The summed E-state index contributed by atoms with van der Waals surface area (Å²) in [6, 6.07) is 12.1. The molecule has 2 rings (SSSR count). The van der Waals surface area contributed by atoms with Crippen LogP contribution in [0.3, 0.4) is 0 Å². The fourth-order valence-electron chi connectivity index (χ4n) is 2.22. The smallest absolute Gasteiger partial charge is 0.0942 e. The van der Waals surface area contributed by atoms with Crippen LogP contribution in [0, 0.1) is 6.92 Å². The van der Waals surface area contributed by atoms with E-state index in [-0.39, 0.29) is 6.04 Å². The van der Waals surface area contributed by atoms with Crippen molar-refractivity contribution in [2.45, 2.75) is 39.0 Å². The lowest BCUT2D eigenvalue weighted by molar-refractivity contribution is 0.125. The lowest BCUT2D eigenvalue weighted by atomic mass is 9.99. The van der Waals surface area contributed by atoms with Crippen molar-refractivity contribution in [1.29, 1.82) is 0 Å². The summed E-state index contributed by atoms with van der Waals surface area (Å²) in [4.78, 5) is 4.01. The van der Waals surface area contributed by atoms with Crippen molar-refractivity contribution in [3.05, 3.63) is 65.5 Å². The van der Waals surface area contributed by atoms with Crippen molar-refractivity contribution < 1.29 is 5.11 Å². The zero-order valence-corrected chi connectivity index (χ0v) is 12.1. The fraction of sp³-hybridized carbons (Fsp3) is 0.353. The van der Waals surface area contributed by atoms with E-state index in [2.05, 4.69) is 24.1 Å². The Morgan fingerprint density at radius 2 is 1.75 bits per heavy atom. The van der Waals surface area contributed by atoms with Crippen molar-refractivity contribution in [3.63, 3.8) is 0 Å². The van der Waals surface area contributed by atoms with Gasteiger partial charge in [-0.05, 0) is 36.6 Å². The normalized spacial score (nSPS) is 13.9. The predicted molar refractivity (Wildman–Crippen MR) is 81.3 cm³/mol. The Labute approximate surface area is 120 Å². The SMILES string of the molecule is CCC(NCc1ccncc1)C(O)c1ccc(C)cc1. The third-order valence-corrected chi connectivity index (χ3v) is 3.56. The highest BCUT2D eigenvalue weighted by Gasteiger charge is 2.18. The van der Waals surface area contributed by atoms with Crippen LogP contribution in [-0.4, -0.2) is 16.1 Å². The highest BCUT2D eigenvalue weighted by molar-refractivity contribution is 5.24. The first-order valence-electron chi connectivity index (χ1n) is 7.07. The monoisotopic (exact) mass is 270 g/mol. The van der Waals surface area contributed by atoms with E-state index >= 15 is 0 Å². The van der Waals surface area contributed by atoms with Gasteiger partial charge in [0.05, 0.1) is 6.10 Å². The number of aromatic nitrogens is 1. The molecule has 0 spiro atoms. The van der Waals surface area contributed by atoms with Gasteiger partial charge in [-0.15, -0.1) is 0 Å². The van der Waals surface area contributed by atoms with Gasteiger partial charge >= 0.3 is 0 Å². The lowest BCUT2D eigenvalue weighted by Gasteiger charge is -2.23. The Bertz CT molecular complexity index is 510. The summed E-state index contributed by atoms with van der Waals surface area (Å²) in [7, 11) is 0. The summed E-state index contributed by atoms with van der Waals surface area (Å²) in [6.07, 6.45) is 3.96. The second-order valence-corrected chi connectivity index (χ2v) is 5.11. The Hall–Kier alpha value is -1.71. The minimum Gasteiger partial charge on any atom is -0.387 e. The molecule has 0 saturated carbocycles. The second-order valence-electron chi connectivity index (χ2n) is 5.11. The number of nitrogens with zero attached hydrogens (tertiary/aromatic N) is 1. The van der Waals surface area contributed by atoms with Crippen LogP contribution in [0.5, 0.6) is 0 Å². The number of aliphatic hydroxyl groups excluding tert-OH is 1. The molecule has 0 saturated heterocycles. The minimum atomic E-state index is -0.484. The highest BCUT2D eigenvalue weighted by atomic mass is 16.3. The zero-order valence-electron chi connectivity index (χ0n) is 12.1. The van der Waals surface area contributed by atoms with Gasteiger partial charge in [-0.25, -0.2) is 0 Å². The van der Waals surface area contributed by atoms with Gasteiger partial charge in [-0.1, -0.05) is 36.8 Å². The van der Waals surface area contributed by atoms with Crippen molar-refractivity contribution in [2.24, 2.45) is 0 Å². The minimum absolute atomic E-state index is 0.0471. The van der Waals surface area contributed by atoms with Gasteiger partial charge in [0.1, 0.15) is 0 Å². The van der Waals surface area contributed by atoms with E-state index in [0.29, 0.717) is 0 Å². The third-order valence-electron chi connectivity index (χ3n) is 3.56. The maximum Gasteiger partial charge on any atom is 0.0942 e. The number of hydrogen-bond acceptors (Lipinski definition) is 3. The number of nitrogens with one attached hydrogen (secondary N) is 1. The van der Waals surface area contributed by atoms with Crippen LogP contribution in [0.1, 0.15) is 36.1 Å². The average Bonchev–Trinajstić information content (AvgIpc) is 2.49. The molecule has 106 valence electrons. The quantitative estimate of drug-likeness (QED) is 0.848. The van der Waals surface area contributed by atoms with Crippen molar-refractivity contribution in [1.82, 2.24) is 10.3 Å². The predicted octanol–water partition coefficient (Wildman–Crippen LogP) is 2.99. The van der Waals surface area contributed by atoms with Crippen molar-refractivity contribution >= 4 is 0 Å². The third kappa shape index (κ3) is 3.89. The standard InChI is InChI=1S/C17H22N2O/c1-3-16(19-12-14-8-10-18-11-9-14)17(20)15-6-4-13(2)5-7-15/h4-11,16-17,19-20H,3,12H2,1-2H3. The van der Waals surface area contributed by atoms with Crippen LogP contribution in [0.25, 0.3) is 0 Å². The van der Waals surface area contributed by atoms with E-state index in [9.17, 15) is 5.11 Å². The summed E-state index contributed by atoms with van der Waals surface area (Å²) in [6.45, 7) is 4.88. The molecule has 0 aliphatic carbocycles. The molecular weight excluding hydrogens is 248 g/mol. The van der Waals surface area contributed by atoms with E-state index in [4.69, 9.17) is 0 Å². The van der Waals surface area contributed by atoms with E-state index in [1.54, 1.807) is 12.4 Å². The Morgan fingerprint density at radius 1 is 1.10 bits per heavy atom. The molecule has 2 aromatic rings. The van der Waals surface area contributed by atoms with Gasteiger partial charge in [-0.2, -0.15) is 0 Å². The molecule has 0 amide bonds. The first kappa shape index (κ1) is 14.7. The van der Waals surface area contributed by atoms with E-state index in [1.165, 1.54) is 11.1 Å². The number of rotatable bonds is 6. The molecule has 0 bridgehead atoms. The second kappa shape index (κ2) is 7.17. The molecule has 3 nitrogen and oxygen atoms in total. The summed E-state index contributed by atoms with van der Waals surface area (Å²) >= 11 is 0. The number of hydrogen-bond donors (Lipinski definition) is 2. The largest absolute Gasteiger partial charge is 0.387 e. The van der Waals surface area contributed by atoms with Crippen LogP contribution >= 0.6 is 0 Å². The van der Waals surface area contributed by atoms with Crippen molar-refractivity contribution in [2.75, 3.05) is 0 Å². The van der Waals surface area contributed by atoms with Gasteiger partial charge in [0.25, 0.3) is 0 Å². The summed E-state index contributed by atoms with van der Waals surface area (Å²) in [5.74, 6) is 0. The average molecular weight is 270 g/mol. The number of aryl methyl sites for hydroxylation is 1. The van der Waals surface area contributed by atoms with E-state index in [0.717, 1.165) is 18.5 Å². The van der Waals surface area contributed by atoms with Crippen molar-refractivity contribution in [3.8, 4) is 0 Å². The number of benzene rings is 1. The molecule has 2 unspecified atom stereocenters. The summed E-state index contributed by atoms with van der Waals surface area (Å²) in [5.41, 5.74) is 3.35. The molecular formula is C17H22N2O. The summed E-state index contributed by atoms with van der Waals surface area (Å²) in [5, 5.41) is 13.9. The number of aliphatic hydroxyl groups is 1. The Morgan fingerprint density at radius 3 is 2.35 bits per heavy atom. The molecule has 20 heavy (non-hydrogen) atoms. The van der Waals surface area contributed by atoms with Crippen LogP contribution in [0.15, 0.2) is 48.8 Å². The molecule has 0 fully saturated rings. The molecule has 0 radical (unpaired) electrons. The zero-order chi connectivity index (χ0) is 14.4. The molecule has 1 heterocycles. The number of pyridine rings is 1. The summed E-state index contributed by atoms with van der Waals surface area (Å²) < 4.78 is 0. The van der Waals surface area contributed by atoms with Gasteiger partial charge in [0.15, 0.2) is 0 Å². The fourth-order valence-corrected chi connectivity index (χ4v) is 2.22. The first-order chi connectivity index (χ1) is 9.70. The van der Waals surface area contributed by atoms with Gasteiger partial charge in [-0.3, -0.25) is 4.98 Å². The molecule has 1 aromatic carbocycles. The maximum atomic E-state index is 10.5.